The van der Waals surface area contributed by atoms with Crippen molar-refractivity contribution < 1.29 is 9.53 Å². The fourth-order valence-electron chi connectivity index (χ4n) is 3.92. The quantitative estimate of drug-likeness (QED) is 0.291. The summed E-state index contributed by atoms with van der Waals surface area (Å²) in [6.45, 7) is 1.88. The number of rotatable bonds is 7. The van der Waals surface area contributed by atoms with Crippen LogP contribution in [0, 0.1) is 0 Å². The molecule has 1 atom stereocenters. The van der Waals surface area contributed by atoms with Crippen LogP contribution in [0.15, 0.2) is 109 Å². The first kappa shape index (κ1) is 22.1. The Morgan fingerprint density at radius 3 is 2.03 bits per heavy atom. The lowest BCUT2D eigenvalue weighted by molar-refractivity contribution is -0.146. The molecule has 0 saturated heterocycles. The molecule has 0 aliphatic rings. The second-order valence-corrected chi connectivity index (χ2v) is 7.92. The van der Waals surface area contributed by atoms with Crippen molar-refractivity contribution in [2.24, 2.45) is 4.99 Å². The van der Waals surface area contributed by atoms with E-state index in [1.54, 1.807) is 18.6 Å². The van der Waals surface area contributed by atoms with Crippen molar-refractivity contribution in [3.8, 4) is 0 Å². The molecule has 4 aromatic rings. The summed E-state index contributed by atoms with van der Waals surface area (Å²) >= 11 is 0. The Labute approximate surface area is 193 Å². The summed E-state index contributed by atoms with van der Waals surface area (Å²) in [5, 5.41) is 0. The molecule has 0 saturated carbocycles. The number of methoxy groups -OCH3 is 1. The molecule has 5 nitrogen and oxygen atoms in total. The molecule has 0 amide bonds. The van der Waals surface area contributed by atoms with Gasteiger partial charge < -0.3 is 4.74 Å². The number of carbonyl (C=O) groups excluding carboxylic acids is 1. The van der Waals surface area contributed by atoms with Crippen LogP contribution in [0.3, 0.4) is 0 Å². The molecule has 0 aliphatic carbocycles. The SMILES string of the molecule is COC(=O)C(C)(Cc1ccncc1)c1cccnc1N=C(c1ccccc1)c1ccccc1. The maximum absolute atomic E-state index is 13.1. The van der Waals surface area contributed by atoms with Crippen molar-refractivity contribution in [2.75, 3.05) is 7.11 Å². The third-order valence-corrected chi connectivity index (χ3v) is 5.64. The van der Waals surface area contributed by atoms with Gasteiger partial charge in [-0.2, -0.15) is 0 Å². The van der Waals surface area contributed by atoms with E-state index in [0.29, 0.717) is 17.8 Å². The summed E-state index contributed by atoms with van der Waals surface area (Å²) < 4.78 is 5.24. The van der Waals surface area contributed by atoms with Crippen LogP contribution in [0.5, 0.6) is 0 Å². The van der Waals surface area contributed by atoms with Crippen molar-refractivity contribution in [3.05, 3.63) is 126 Å². The van der Waals surface area contributed by atoms with Crippen LogP contribution in [-0.2, 0) is 21.4 Å². The third-order valence-electron chi connectivity index (χ3n) is 5.64. The number of aromatic nitrogens is 2. The summed E-state index contributed by atoms with van der Waals surface area (Å²) in [5.41, 5.74) is 3.42. The zero-order chi connectivity index (χ0) is 23.1. The fourth-order valence-corrected chi connectivity index (χ4v) is 3.92. The molecule has 33 heavy (non-hydrogen) atoms. The average molecular weight is 436 g/mol. The van der Waals surface area contributed by atoms with Crippen LogP contribution in [0.1, 0.15) is 29.2 Å². The van der Waals surface area contributed by atoms with Crippen LogP contribution >= 0.6 is 0 Å². The number of pyridine rings is 2. The molecule has 0 fully saturated rings. The van der Waals surface area contributed by atoms with E-state index in [1.165, 1.54) is 7.11 Å². The Balaban J connectivity index is 1.89. The van der Waals surface area contributed by atoms with E-state index in [-0.39, 0.29) is 5.97 Å². The largest absolute Gasteiger partial charge is 0.468 e. The Bertz CT molecular complexity index is 1200. The molecule has 2 aromatic heterocycles. The Kier molecular flexibility index (Phi) is 6.69. The molecule has 0 N–H and O–H groups in total. The van der Waals surface area contributed by atoms with Crippen molar-refractivity contribution >= 4 is 17.5 Å². The Morgan fingerprint density at radius 1 is 0.848 bits per heavy atom. The van der Waals surface area contributed by atoms with E-state index in [1.807, 2.05) is 91.9 Å². The van der Waals surface area contributed by atoms with Crippen LogP contribution in [0.2, 0.25) is 0 Å². The zero-order valence-electron chi connectivity index (χ0n) is 18.7. The molecule has 2 aromatic carbocycles. The van der Waals surface area contributed by atoms with Gasteiger partial charge in [-0.3, -0.25) is 9.78 Å². The molecule has 1 unspecified atom stereocenters. The van der Waals surface area contributed by atoms with Gasteiger partial charge in [0.05, 0.1) is 18.2 Å². The van der Waals surface area contributed by atoms with Crippen molar-refractivity contribution in [3.63, 3.8) is 0 Å². The first-order valence-corrected chi connectivity index (χ1v) is 10.7. The van der Waals surface area contributed by atoms with Crippen molar-refractivity contribution in [1.29, 1.82) is 0 Å². The highest BCUT2D eigenvalue weighted by molar-refractivity contribution is 6.14. The van der Waals surface area contributed by atoms with E-state index < -0.39 is 5.41 Å². The van der Waals surface area contributed by atoms with Crippen LogP contribution in [-0.4, -0.2) is 28.8 Å². The molecule has 2 heterocycles. The minimum absolute atomic E-state index is 0.343. The minimum Gasteiger partial charge on any atom is -0.468 e. The Morgan fingerprint density at radius 2 is 1.45 bits per heavy atom. The molecule has 4 rings (SSSR count). The molecule has 0 bridgehead atoms. The van der Waals surface area contributed by atoms with E-state index in [9.17, 15) is 4.79 Å². The van der Waals surface area contributed by atoms with Gasteiger partial charge >= 0.3 is 5.97 Å². The van der Waals surface area contributed by atoms with Crippen molar-refractivity contribution in [2.45, 2.75) is 18.8 Å². The summed E-state index contributed by atoms with van der Waals surface area (Å²) in [6, 6.07) is 27.5. The smallest absolute Gasteiger partial charge is 0.316 e. The van der Waals surface area contributed by atoms with Gasteiger partial charge in [0, 0.05) is 35.3 Å². The lowest BCUT2D eigenvalue weighted by atomic mass is 9.77. The Hall–Kier alpha value is -4.12. The summed E-state index contributed by atoms with van der Waals surface area (Å²) in [6.07, 6.45) is 5.57. The van der Waals surface area contributed by atoms with E-state index in [2.05, 4.69) is 9.97 Å². The number of carbonyl (C=O) groups is 1. The van der Waals surface area contributed by atoms with E-state index >= 15 is 0 Å². The third kappa shape index (κ3) is 4.88. The van der Waals surface area contributed by atoms with Crippen molar-refractivity contribution in [1.82, 2.24) is 9.97 Å². The van der Waals surface area contributed by atoms with Crippen LogP contribution in [0.4, 0.5) is 5.82 Å². The first-order valence-electron chi connectivity index (χ1n) is 10.7. The van der Waals surface area contributed by atoms with Gasteiger partial charge in [0.2, 0.25) is 0 Å². The number of nitrogens with zero attached hydrogens (tertiary/aromatic N) is 3. The highest BCUT2D eigenvalue weighted by Gasteiger charge is 2.39. The number of aliphatic imine (C=N–C) groups is 1. The van der Waals surface area contributed by atoms with Gasteiger partial charge in [-0.05, 0) is 37.1 Å². The molecule has 0 aliphatic heterocycles. The van der Waals surface area contributed by atoms with Gasteiger partial charge in [0.25, 0.3) is 0 Å². The number of ether oxygens (including phenoxy) is 1. The summed E-state index contributed by atoms with van der Waals surface area (Å²) in [4.78, 5) is 26.8. The summed E-state index contributed by atoms with van der Waals surface area (Å²) in [7, 11) is 1.41. The second kappa shape index (κ2) is 10.0. The maximum atomic E-state index is 13.1. The monoisotopic (exact) mass is 435 g/mol. The normalized spacial score (nSPS) is 12.4. The number of hydrogen-bond acceptors (Lipinski definition) is 5. The van der Waals surface area contributed by atoms with Gasteiger partial charge in [0.1, 0.15) is 0 Å². The van der Waals surface area contributed by atoms with Crippen LogP contribution < -0.4 is 0 Å². The number of hydrogen-bond donors (Lipinski definition) is 0. The van der Waals surface area contributed by atoms with Gasteiger partial charge in [0.15, 0.2) is 5.82 Å². The van der Waals surface area contributed by atoms with E-state index in [0.717, 1.165) is 22.4 Å². The number of esters is 1. The maximum Gasteiger partial charge on any atom is 0.316 e. The second-order valence-electron chi connectivity index (χ2n) is 7.92. The first-order chi connectivity index (χ1) is 16.1. The topological polar surface area (TPSA) is 64.4 Å². The lowest BCUT2D eigenvalue weighted by Gasteiger charge is -2.28. The number of benzene rings is 2. The predicted molar refractivity (Wildman–Crippen MR) is 130 cm³/mol. The van der Waals surface area contributed by atoms with E-state index in [4.69, 9.17) is 9.73 Å². The fraction of sp³-hybridized carbons (Fsp3) is 0.143. The zero-order valence-corrected chi connectivity index (χ0v) is 18.7. The van der Waals surface area contributed by atoms with Gasteiger partial charge in [-0.25, -0.2) is 9.98 Å². The van der Waals surface area contributed by atoms with Gasteiger partial charge in [-0.15, -0.1) is 0 Å². The van der Waals surface area contributed by atoms with Crippen LogP contribution in [0.25, 0.3) is 0 Å². The standard InChI is InChI=1S/C28H25N3O2/c1-28(27(32)33-2,20-21-15-18-29-19-16-21)24-14-9-17-30-26(24)31-25(22-10-5-3-6-11-22)23-12-7-4-8-13-23/h3-19H,20H2,1-2H3. The summed E-state index contributed by atoms with van der Waals surface area (Å²) in [5.74, 6) is 0.145. The highest BCUT2D eigenvalue weighted by atomic mass is 16.5. The lowest BCUT2D eigenvalue weighted by Crippen LogP contribution is -2.36. The highest BCUT2D eigenvalue weighted by Crippen LogP contribution is 2.35. The predicted octanol–water partition coefficient (Wildman–Crippen LogP) is 5.32. The molecule has 0 spiro atoms. The van der Waals surface area contributed by atoms with Gasteiger partial charge in [-0.1, -0.05) is 66.7 Å². The molecular formula is C28H25N3O2. The molecule has 164 valence electrons. The average Bonchev–Trinajstić information content (AvgIpc) is 2.88. The molecule has 0 radical (unpaired) electrons. The molecular weight excluding hydrogens is 410 g/mol. The molecule has 5 heteroatoms. The minimum atomic E-state index is -0.984.